The third-order valence-corrected chi connectivity index (χ3v) is 2.39. The number of hydrogen-bond acceptors (Lipinski definition) is 5. The van der Waals surface area contributed by atoms with Crippen LogP contribution in [0.1, 0.15) is 45.1 Å². The van der Waals surface area contributed by atoms with Crippen molar-refractivity contribution in [3.63, 3.8) is 0 Å². The first-order valence-electron chi connectivity index (χ1n) is 7.21. The minimum Gasteiger partial charge on any atom is -0.494 e. The fourth-order valence-electron chi connectivity index (χ4n) is 1.20. The molecule has 0 saturated heterocycles. The number of ether oxygens (including phenoxy) is 2. The maximum Gasteiger partial charge on any atom is 0.325 e. The number of carbonyl (C=O) groups excluding carboxylic acids is 2. The van der Waals surface area contributed by atoms with E-state index >= 15 is 0 Å². The summed E-state index contributed by atoms with van der Waals surface area (Å²) in [6, 6.07) is 1.62. The molecule has 6 nitrogen and oxygen atoms in total. The number of pyridine rings is 1. The predicted octanol–water partition coefficient (Wildman–Crippen LogP) is 3.20. The molecular formula is C15H25BrN2O4. The summed E-state index contributed by atoms with van der Waals surface area (Å²) in [7, 11) is 1.44. The second-order valence-electron chi connectivity index (χ2n) is 3.19. The summed E-state index contributed by atoms with van der Waals surface area (Å²) in [6.45, 7) is 9.77. The topological polar surface area (TPSA) is 77.5 Å². The van der Waals surface area contributed by atoms with Gasteiger partial charge < -0.3 is 14.8 Å². The quantitative estimate of drug-likeness (QED) is 0.798. The predicted molar refractivity (Wildman–Crippen MR) is 90.2 cm³/mol. The van der Waals surface area contributed by atoms with Gasteiger partial charge >= 0.3 is 5.97 Å². The van der Waals surface area contributed by atoms with Crippen molar-refractivity contribution in [2.45, 2.75) is 34.6 Å². The SMILES string of the molecule is CC.CC.CCOC(=O)CNC(=O)c1ncc(Br)cc1OC. The van der Waals surface area contributed by atoms with Crippen LogP contribution in [0.2, 0.25) is 0 Å². The number of amides is 1. The highest BCUT2D eigenvalue weighted by atomic mass is 79.9. The number of nitrogens with zero attached hydrogens (tertiary/aromatic N) is 1. The van der Waals surface area contributed by atoms with E-state index in [1.54, 1.807) is 13.0 Å². The van der Waals surface area contributed by atoms with Gasteiger partial charge in [-0.3, -0.25) is 9.59 Å². The van der Waals surface area contributed by atoms with Crippen LogP contribution in [0.15, 0.2) is 16.7 Å². The monoisotopic (exact) mass is 376 g/mol. The van der Waals surface area contributed by atoms with Gasteiger partial charge in [-0.1, -0.05) is 27.7 Å². The Balaban J connectivity index is 0. The van der Waals surface area contributed by atoms with Gasteiger partial charge in [0.1, 0.15) is 6.54 Å². The molecule has 126 valence electrons. The maximum atomic E-state index is 11.8. The Morgan fingerprint density at radius 1 is 1.27 bits per heavy atom. The van der Waals surface area contributed by atoms with Gasteiger partial charge in [0, 0.05) is 10.7 Å². The Labute approximate surface area is 140 Å². The van der Waals surface area contributed by atoms with Gasteiger partial charge in [0.25, 0.3) is 5.91 Å². The molecule has 1 rings (SSSR count). The smallest absolute Gasteiger partial charge is 0.325 e. The number of aromatic nitrogens is 1. The van der Waals surface area contributed by atoms with Crippen LogP contribution < -0.4 is 10.1 Å². The normalized spacial score (nSPS) is 8.50. The summed E-state index contributed by atoms with van der Waals surface area (Å²) >= 11 is 3.22. The lowest BCUT2D eigenvalue weighted by atomic mass is 10.3. The largest absolute Gasteiger partial charge is 0.494 e. The van der Waals surface area contributed by atoms with Gasteiger partial charge in [0.05, 0.1) is 13.7 Å². The molecule has 1 aromatic rings. The number of rotatable bonds is 5. The average Bonchev–Trinajstić information content (AvgIpc) is 2.56. The molecule has 0 spiro atoms. The maximum absolute atomic E-state index is 11.8. The first kappa shape index (κ1) is 22.6. The zero-order valence-electron chi connectivity index (χ0n) is 14.0. The fraction of sp³-hybridized carbons (Fsp3) is 0.533. The van der Waals surface area contributed by atoms with E-state index in [9.17, 15) is 9.59 Å². The molecule has 1 amide bonds. The standard InChI is InChI=1S/C11H13BrN2O4.2C2H6/c1-3-18-9(15)6-14-11(16)10-8(17-2)4-7(12)5-13-10;2*1-2/h4-5H,3,6H2,1-2H3,(H,14,16);2*1-2H3. The van der Waals surface area contributed by atoms with E-state index in [0.29, 0.717) is 10.2 Å². The molecule has 0 aliphatic rings. The Morgan fingerprint density at radius 3 is 2.36 bits per heavy atom. The highest BCUT2D eigenvalue weighted by Gasteiger charge is 2.15. The van der Waals surface area contributed by atoms with Crippen molar-refractivity contribution < 1.29 is 19.1 Å². The van der Waals surface area contributed by atoms with Crippen LogP contribution in [0, 0.1) is 0 Å². The molecule has 22 heavy (non-hydrogen) atoms. The van der Waals surface area contributed by atoms with E-state index in [1.165, 1.54) is 13.3 Å². The average molecular weight is 377 g/mol. The van der Waals surface area contributed by atoms with Crippen molar-refractivity contribution in [2.75, 3.05) is 20.3 Å². The van der Waals surface area contributed by atoms with Gasteiger partial charge in [-0.05, 0) is 28.9 Å². The first-order valence-corrected chi connectivity index (χ1v) is 8.01. The Bertz CT molecular complexity index is 453. The van der Waals surface area contributed by atoms with E-state index in [1.807, 2.05) is 27.7 Å². The molecule has 0 aliphatic carbocycles. The van der Waals surface area contributed by atoms with E-state index in [4.69, 9.17) is 9.47 Å². The summed E-state index contributed by atoms with van der Waals surface area (Å²) in [5.74, 6) is -0.667. The summed E-state index contributed by atoms with van der Waals surface area (Å²) in [5, 5.41) is 2.41. The molecule has 7 heteroatoms. The summed E-state index contributed by atoms with van der Waals surface area (Å²) < 4.78 is 10.4. The molecule has 1 N–H and O–H groups in total. The van der Waals surface area contributed by atoms with Crippen molar-refractivity contribution >= 4 is 27.8 Å². The van der Waals surface area contributed by atoms with Crippen molar-refractivity contribution in [2.24, 2.45) is 0 Å². The molecule has 1 aromatic heterocycles. The van der Waals surface area contributed by atoms with Gasteiger partial charge in [-0.25, -0.2) is 4.98 Å². The van der Waals surface area contributed by atoms with Crippen LogP contribution >= 0.6 is 15.9 Å². The van der Waals surface area contributed by atoms with Crippen molar-refractivity contribution in [3.05, 3.63) is 22.4 Å². The zero-order chi connectivity index (χ0) is 17.5. The second kappa shape index (κ2) is 14.3. The van der Waals surface area contributed by atoms with Crippen molar-refractivity contribution in [3.8, 4) is 5.75 Å². The molecule has 0 saturated carbocycles. The molecule has 0 radical (unpaired) electrons. The summed E-state index contributed by atoms with van der Waals surface area (Å²) in [4.78, 5) is 26.8. The van der Waals surface area contributed by atoms with Crippen LogP contribution in [0.4, 0.5) is 0 Å². The lowest BCUT2D eigenvalue weighted by Crippen LogP contribution is -2.31. The lowest BCUT2D eigenvalue weighted by molar-refractivity contribution is -0.141. The molecular weight excluding hydrogens is 352 g/mol. The number of esters is 1. The van der Waals surface area contributed by atoms with Gasteiger partial charge in [-0.15, -0.1) is 0 Å². The number of carbonyl (C=O) groups is 2. The Kier molecular flexibility index (Phi) is 14.7. The van der Waals surface area contributed by atoms with Gasteiger partial charge in [0.15, 0.2) is 11.4 Å². The van der Waals surface area contributed by atoms with E-state index < -0.39 is 11.9 Å². The lowest BCUT2D eigenvalue weighted by Gasteiger charge is -2.08. The third kappa shape index (κ3) is 8.61. The molecule has 0 bridgehead atoms. The number of halogens is 1. The third-order valence-electron chi connectivity index (χ3n) is 1.95. The highest BCUT2D eigenvalue weighted by Crippen LogP contribution is 2.20. The zero-order valence-corrected chi connectivity index (χ0v) is 15.6. The first-order chi connectivity index (χ1) is 10.6. The second-order valence-corrected chi connectivity index (χ2v) is 4.11. The minimum atomic E-state index is -0.498. The molecule has 0 unspecified atom stereocenters. The van der Waals surface area contributed by atoms with Crippen LogP contribution in [-0.2, 0) is 9.53 Å². The number of nitrogens with one attached hydrogen (secondary N) is 1. The van der Waals surface area contributed by atoms with Gasteiger partial charge in [0.2, 0.25) is 0 Å². The Morgan fingerprint density at radius 2 is 1.86 bits per heavy atom. The van der Waals surface area contributed by atoms with E-state index in [2.05, 4.69) is 26.2 Å². The highest BCUT2D eigenvalue weighted by molar-refractivity contribution is 9.10. The molecule has 0 aromatic carbocycles. The van der Waals surface area contributed by atoms with Crippen LogP contribution in [-0.4, -0.2) is 37.1 Å². The molecule has 0 aliphatic heterocycles. The molecule has 0 fully saturated rings. The summed E-state index contributed by atoms with van der Waals surface area (Å²) in [6.07, 6.45) is 1.47. The summed E-state index contributed by atoms with van der Waals surface area (Å²) in [5.41, 5.74) is 0.116. The minimum absolute atomic E-state index is 0.116. The van der Waals surface area contributed by atoms with Crippen molar-refractivity contribution in [1.29, 1.82) is 0 Å². The van der Waals surface area contributed by atoms with Crippen molar-refractivity contribution in [1.82, 2.24) is 10.3 Å². The van der Waals surface area contributed by atoms with Crippen LogP contribution in [0.25, 0.3) is 0 Å². The molecule has 1 heterocycles. The molecule has 0 atom stereocenters. The number of methoxy groups -OCH3 is 1. The van der Waals surface area contributed by atoms with Gasteiger partial charge in [-0.2, -0.15) is 0 Å². The van der Waals surface area contributed by atoms with Crippen LogP contribution in [0.5, 0.6) is 5.75 Å². The number of hydrogen-bond donors (Lipinski definition) is 1. The fourth-order valence-corrected chi connectivity index (χ4v) is 1.51. The Hall–Kier alpha value is -1.63. The van der Waals surface area contributed by atoms with Crippen LogP contribution in [0.3, 0.4) is 0 Å². The van der Waals surface area contributed by atoms with E-state index in [-0.39, 0.29) is 18.8 Å². The van der Waals surface area contributed by atoms with E-state index in [0.717, 1.165) is 0 Å².